The maximum Gasteiger partial charge on any atom is 0.180 e. The minimum Gasteiger partial charge on any atom is -0.375 e. The molecular weight excluding hydrogens is 200 g/mol. The van der Waals surface area contributed by atoms with Gasteiger partial charge in [-0.25, -0.2) is 4.98 Å². The van der Waals surface area contributed by atoms with Gasteiger partial charge in [0, 0.05) is 11.1 Å². The van der Waals surface area contributed by atoms with Gasteiger partial charge < -0.3 is 5.73 Å². The van der Waals surface area contributed by atoms with Gasteiger partial charge in [-0.3, -0.25) is 0 Å². The molecule has 1 rings (SSSR count). The molecule has 0 saturated carbocycles. The molecule has 0 amide bonds. The molecule has 2 nitrogen and oxygen atoms in total. The molecule has 1 aromatic heterocycles. The summed E-state index contributed by atoms with van der Waals surface area (Å²) in [5.41, 5.74) is 5.37. The maximum absolute atomic E-state index is 5.37. The van der Waals surface area contributed by atoms with Crippen LogP contribution in [0, 0.1) is 0 Å². The lowest BCUT2D eigenvalue weighted by atomic mass is 10.6. The fourth-order valence-electron chi connectivity index (χ4n) is 0.440. The molecule has 1 aromatic rings. The standard InChI is InChI=1S/C5H5BrN2S/c6-2-1-4-3-8-5(7)9-4/h1-3H,(H2,7,8)/b2-1+. The van der Waals surface area contributed by atoms with Crippen molar-refractivity contribution >= 4 is 38.5 Å². The second-order valence-electron chi connectivity index (χ2n) is 1.39. The average molecular weight is 205 g/mol. The highest BCUT2D eigenvalue weighted by atomic mass is 79.9. The Morgan fingerprint density at radius 1 is 1.78 bits per heavy atom. The smallest absolute Gasteiger partial charge is 0.180 e. The molecule has 9 heavy (non-hydrogen) atoms. The Labute approximate surface area is 65.5 Å². The molecule has 0 spiro atoms. The zero-order valence-corrected chi connectivity index (χ0v) is 6.95. The fourth-order valence-corrected chi connectivity index (χ4v) is 1.49. The monoisotopic (exact) mass is 204 g/mol. The number of hydrogen-bond acceptors (Lipinski definition) is 3. The summed E-state index contributed by atoms with van der Waals surface area (Å²) in [4.78, 5) is 6.70. The molecule has 0 bridgehead atoms. The number of nitrogens with zero attached hydrogens (tertiary/aromatic N) is 1. The summed E-state index contributed by atoms with van der Waals surface area (Å²) in [6.45, 7) is 0. The van der Waals surface area contributed by atoms with Crippen molar-refractivity contribution in [3.63, 3.8) is 0 Å². The molecule has 1 heterocycles. The number of rotatable bonds is 1. The molecule has 0 aliphatic carbocycles. The van der Waals surface area contributed by atoms with E-state index in [9.17, 15) is 0 Å². The van der Waals surface area contributed by atoms with E-state index < -0.39 is 0 Å². The molecule has 0 aliphatic heterocycles. The fraction of sp³-hybridized carbons (Fsp3) is 0. The quantitative estimate of drug-likeness (QED) is 0.762. The van der Waals surface area contributed by atoms with Gasteiger partial charge in [-0.1, -0.05) is 27.3 Å². The minimum atomic E-state index is 0.607. The Hall–Kier alpha value is -0.350. The van der Waals surface area contributed by atoms with E-state index in [1.165, 1.54) is 11.3 Å². The van der Waals surface area contributed by atoms with Crippen LogP contribution in [0.2, 0.25) is 0 Å². The molecule has 0 unspecified atom stereocenters. The minimum absolute atomic E-state index is 0.607. The Kier molecular flexibility index (Phi) is 2.24. The van der Waals surface area contributed by atoms with Crippen molar-refractivity contribution in [3.05, 3.63) is 16.1 Å². The lowest BCUT2D eigenvalue weighted by Crippen LogP contribution is -1.77. The SMILES string of the molecule is Nc1ncc(/C=C/Br)s1. The summed E-state index contributed by atoms with van der Waals surface area (Å²) in [5.74, 6) is 0. The number of hydrogen-bond donors (Lipinski definition) is 1. The van der Waals surface area contributed by atoms with Crippen molar-refractivity contribution in [1.82, 2.24) is 4.98 Å². The van der Waals surface area contributed by atoms with Crippen LogP contribution in [-0.2, 0) is 0 Å². The van der Waals surface area contributed by atoms with Crippen LogP contribution < -0.4 is 5.73 Å². The Bertz CT molecular complexity index is 218. The third kappa shape index (κ3) is 1.80. The van der Waals surface area contributed by atoms with E-state index in [1.807, 2.05) is 6.08 Å². The van der Waals surface area contributed by atoms with Gasteiger partial charge in [-0.2, -0.15) is 0 Å². The van der Waals surface area contributed by atoms with Gasteiger partial charge in [-0.15, -0.1) is 0 Å². The first-order chi connectivity index (χ1) is 4.33. The number of nitrogen functional groups attached to an aromatic ring is 1. The van der Waals surface area contributed by atoms with Gasteiger partial charge in [0.15, 0.2) is 5.13 Å². The van der Waals surface area contributed by atoms with E-state index in [-0.39, 0.29) is 0 Å². The summed E-state index contributed by atoms with van der Waals surface area (Å²) in [6, 6.07) is 0. The largest absolute Gasteiger partial charge is 0.375 e. The van der Waals surface area contributed by atoms with Gasteiger partial charge in [-0.05, 0) is 11.1 Å². The van der Waals surface area contributed by atoms with Crippen LogP contribution in [0.15, 0.2) is 11.2 Å². The zero-order valence-electron chi connectivity index (χ0n) is 4.54. The van der Waals surface area contributed by atoms with Crippen LogP contribution in [0.3, 0.4) is 0 Å². The van der Waals surface area contributed by atoms with Crippen molar-refractivity contribution in [2.75, 3.05) is 5.73 Å². The van der Waals surface area contributed by atoms with Gasteiger partial charge >= 0.3 is 0 Å². The first-order valence-corrected chi connectivity index (χ1v) is 4.04. The lowest BCUT2D eigenvalue weighted by molar-refractivity contribution is 1.42. The van der Waals surface area contributed by atoms with E-state index in [4.69, 9.17) is 5.73 Å². The highest BCUT2D eigenvalue weighted by Crippen LogP contribution is 2.15. The van der Waals surface area contributed by atoms with E-state index in [0.29, 0.717) is 5.13 Å². The second-order valence-corrected chi connectivity index (χ2v) is 3.02. The van der Waals surface area contributed by atoms with E-state index in [1.54, 1.807) is 11.2 Å². The van der Waals surface area contributed by atoms with Crippen molar-refractivity contribution in [2.24, 2.45) is 0 Å². The Morgan fingerprint density at radius 2 is 2.56 bits per heavy atom. The molecule has 0 atom stereocenters. The summed E-state index contributed by atoms with van der Waals surface area (Å²) in [6.07, 6.45) is 3.63. The van der Waals surface area contributed by atoms with Crippen molar-refractivity contribution in [3.8, 4) is 0 Å². The van der Waals surface area contributed by atoms with Crippen molar-refractivity contribution in [2.45, 2.75) is 0 Å². The molecule has 4 heteroatoms. The van der Waals surface area contributed by atoms with Crippen LogP contribution >= 0.6 is 27.3 Å². The molecule has 0 aromatic carbocycles. The van der Waals surface area contributed by atoms with Crippen LogP contribution in [-0.4, -0.2) is 4.98 Å². The molecule has 0 fully saturated rings. The molecule has 48 valence electrons. The average Bonchev–Trinajstić information content (AvgIpc) is 2.17. The van der Waals surface area contributed by atoms with Gasteiger partial charge in [0.25, 0.3) is 0 Å². The normalized spacial score (nSPS) is 10.8. The predicted octanol–water partition coefficient (Wildman–Crippen LogP) is 2.09. The van der Waals surface area contributed by atoms with Crippen LogP contribution in [0.25, 0.3) is 6.08 Å². The van der Waals surface area contributed by atoms with Crippen LogP contribution in [0.4, 0.5) is 5.13 Å². The molecular formula is C5H5BrN2S. The summed E-state index contributed by atoms with van der Waals surface area (Å²) in [7, 11) is 0. The molecule has 0 saturated heterocycles. The number of aromatic nitrogens is 1. The third-order valence-corrected chi connectivity index (χ3v) is 1.82. The third-order valence-electron chi connectivity index (χ3n) is 0.769. The van der Waals surface area contributed by atoms with E-state index in [0.717, 1.165) is 4.88 Å². The molecule has 2 N–H and O–H groups in total. The van der Waals surface area contributed by atoms with Gasteiger partial charge in [0.2, 0.25) is 0 Å². The highest BCUT2D eigenvalue weighted by Gasteiger charge is 1.90. The number of halogens is 1. The Balaban J connectivity index is 2.85. The van der Waals surface area contributed by atoms with Crippen LogP contribution in [0.1, 0.15) is 4.88 Å². The second kappa shape index (κ2) is 2.98. The van der Waals surface area contributed by atoms with E-state index >= 15 is 0 Å². The summed E-state index contributed by atoms with van der Waals surface area (Å²) < 4.78 is 0. The summed E-state index contributed by atoms with van der Waals surface area (Å²) >= 11 is 4.62. The number of anilines is 1. The van der Waals surface area contributed by atoms with E-state index in [2.05, 4.69) is 20.9 Å². The highest BCUT2D eigenvalue weighted by molar-refractivity contribution is 9.11. The molecule has 0 radical (unpaired) electrons. The topological polar surface area (TPSA) is 38.9 Å². The van der Waals surface area contributed by atoms with Crippen molar-refractivity contribution < 1.29 is 0 Å². The maximum atomic E-state index is 5.37. The predicted molar refractivity (Wildman–Crippen MR) is 44.5 cm³/mol. The van der Waals surface area contributed by atoms with Crippen LogP contribution in [0.5, 0.6) is 0 Å². The van der Waals surface area contributed by atoms with Crippen molar-refractivity contribution in [1.29, 1.82) is 0 Å². The lowest BCUT2D eigenvalue weighted by Gasteiger charge is -1.74. The number of nitrogens with two attached hydrogens (primary N) is 1. The first kappa shape index (κ1) is 6.77. The summed E-state index contributed by atoms with van der Waals surface area (Å²) in [5, 5.41) is 0.607. The zero-order chi connectivity index (χ0) is 6.69. The first-order valence-electron chi connectivity index (χ1n) is 2.31. The Morgan fingerprint density at radius 3 is 3.00 bits per heavy atom. The number of thiazole rings is 1. The van der Waals surface area contributed by atoms with Gasteiger partial charge in [0.1, 0.15) is 0 Å². The molecule has 0 aliphatic rings. The van der Waals surface area contributed by atoms with Gasteiger partial charge in [0.05, 0.1) is 0 Å².